The number of likely N-dealkylation sites (tertiary alicyclic amines) is 1. The van der Waals surface area contributed by atoms with Crippen molar-refractivity contribution < 1.29 is 9.53 Å². The standard InChI is InChI=1S/C18H26N2O2/c1-14-3-5-15(6-4-14)13-19-17(21)20-11-9-18(10-12-20)8-7-16(18)22-2/h3-6,16H,7-13H2,1-2H3,(H,19,21). The van der Waals surface area contributed by atoms with Gasteiger partial charge in [-0.15, -0.1) is 0 Å². The molecule has 0 aromatic heterocycles. The summed E-state index contributed by atoms with van der Waals surface area (Å²) >= 11 is 0. The van der Waals surface area contributed by atoms with Crippen LogP contribution in [-0.2, 0) is 11.3 Å². The number of nitrogens with one attached hydrogen (secondary N) is 1. The minimum atomic E-state index is 0.0590. The summed E-state index contributed by atoms with van der Waals surface area (Å²) in [5, 5.41) is 3.03. The number of piperidine rings is 1. The van der Waals surface area contributed by atoms with Crippen LogP contribution in [-0.4, -0.2) is 37.2 Å². The van der Waals surface area contributed by atoms with Gasteiger partial charge in [0.2, 0.25) is 0 Å². The van der Waals surface area contributed by atoms with Gasteiger partial charge in [0.05, 0.1) is 6.10 Å². The van der Waals surface area contributed by atoms with Crippen molar-refractivity contribution in [2.75, 3.05) is 20.2 Å². The Balaban J connectivity index is 1.47. The molecular weight excluding hydrogens is 276 g/mol. The normalized spacial score (nSPS) is 23.2. The highest BCUT2D eigenvalue weighted by molar-refractivity contribution is 5.74. The Hall–Kier alpha value is -1.55. The summed E-state index contributed by atoms with van der Waals surface area (Å²) in [6, 6.07) is 8.35. The molecule has 1 N–H and O–H groups in total. The SMILES string of the molecule is COC1CCC12CCN(C(=O)NCc1ccc(C)cc1)CC2. The Morgan fingerprint density at radius 3 is 2.50 bits per heavy atom. The molecule has 3 rings (SSSR count). The fourth-order valence-corrected chi connectivity index (χ4v) is 3.76. The summed E-state index contributed by atoms with van der Waals surface area (Å²) < 4.78 is 5.57. The fraction of sp³-hybridized carbons (Fsp3) is 0.611. The van der Waals surface area contributed by atoms with E-state index in [4.69, 9.17) is 4.74 Å². The van der Waals surface area contributed by atoms with Gasteiger partial charge < -0.3 is 15.0 Å². The number of benzene rings is 1. The Morgan fingerprint density at radius 2 is 1.95 bits per heavy atom. The third kappa shape index (κ3) is 2.98. The Morgan fingerprint density at radius 1 is 1.27 bits per heavy atom. The molecule has 4 heteroatoms. The van der Waals surface area contributed by atoms with E-state index in [1.165, 1.54) is 18.4 Å². The summed E-state index contributed by atoms with van der Waals surface area (Å²) in [4.78, 5) is 14.2. The van der Waals surface area contributed by atoms with E-state index in [-0.39, 0.29) is 6.03 Å². The second-order valence-electron chi connectivity index (χ2n) is 6.76. The maximum atomic E-state index is 12.3. The van der Waals surface area contributed by atoms with Crippen molar-refractivity contribution in [2.45, 2.75) is 45.3 Å². The summed E-state index contributed by atoms with van der Waals surface area (Å²) in [5.74, 6) is 0. The van der Waals surface area contributed by atoms with Gasteiger partial charge >= 0.3 is 6.03 Å². The van der Waals surface area contributed by atoms with Crippen molar-refractivity contribution in [2.24, 2.45) is 5.41 Å². The molecule has 22 heavy (non-hydrogen) atoms. The fourth-order valence-electron chi connectivity index (χ4n) is 3.76. The third-order valence-corrected chi connectivity index (χ3v) is 5.48. The van der Waals surface area contributed by atoms with E-state index >= 15 is 0 Å². The number of hydrogen-bond donors (Lipinski definition) is 1. The number of nitrogens with zero attached hydrogens (tertiary/aromatic N) is 1. The van der Waals surface area contributed by atoms with Crippen LogP contribution in [0.15, 0.2) is 24.3 Å². The minimum absolute atomic E-state index is 0.0590. The maximum Gasteiger partial charge on any atom is 0.317 e. The molecule has 1 unspecified atom stereocenters. The molecule has 1 aliphatic heterocycles. The number of amides is 2. The maximum absolute atomic E-state index is 12.3. The van der Waals surface area contributed by atoms with E-state index in [1.807, 2.05) is 12.0 Å². The highest BCUT2D eigenvalue weighted by atomic mass is 16.5. The van der Waals surface area contributed by atoms with Crippen LogP contribution < -0.4 is 5.32 Å². The van der Waals surface area contributed by atoms with E-state index in [2.05, 4.69) is 36.5 Å². The van der Waals surface area contributed by atoms with Crippen molar-refractivity contribution in [3.63, 3.8) is 0 Å². The van der Waals surface area contributed by atoms with Crippen LogP contribution in [0.2, 0.25) is 0 Å². The van der Waals surface area contributed by atoms with Crippen molar-refractivity contribution in [1.29, 1.82) is 0 Å². The average Bonchev–Trinajstić information content (AvgIpc) is 2.53. The summed E-state index contributed by atoms with van der Waals surface area (Å²) in [7, 11) is 1.81. The van der Waals surface area contributed by atoms with Crippen LogP contribution in [0.25, 0.3) is 0 Å². The Labute approximate surface area is 132 Å². The van der Waals surface area contributed by atoms with Gasteiger partial charge in [-0.2, -0.15) is 0 Å². The zero-order chi connectivity index (χ0) is 15.6. The van der Waals surface area contributed by atoms with Crippen LogP contribution in [0.5, 0.6) is 0 Å². The van der Waals surface area contributed by atoms with Gasteiger partial charge in [-0.25, -0.2) is 4.79 Å². The van der Waals surface area contributed by atoms with Gasteiger partial charge in [-0.1, -0.05) is 29.8 Å². The lowest BCUT2D eigenvalue weighted by molar-refractivity contribution is -0.116. The molecule has 1 aromatic carbocycles. The first-order chi connectivity index (χ1) is 10.6. The molecule has 2 aliphatic rings. The molecule has 120 valence electrons. The number of ether oxygens (including phenoxy) is 1. The first kappa shape index (κ1) is 15.3. The van der Waals surface area contributed by atoms with E-state index in [0.717, 1.165) is 31.5 Å². The smallest absolute Gasteiger partial charge is 0.317 e. The lowest BCUT2D eigenvalue weighted by Gasteiger charge is -2.53. The minimum Gasteiger partial charge on any atom is -0.381 e. The second kappa shape index (κ2) is 6.29. The number of methoxy groups -OCH3 is 1. The van der Waals surface area contributed by atoms with Gasteiger partial charge in [-0.3, -0.25) is 0 Å². The summed E-state index contributed by atoms with van der Waals surface area (Å²) in [6.45, 7) is 4.36. The van der Waals surface area contributed by atoms with E-state index < -0.39 is 0 Å². The summed E-state index contributed by atoms with van der Waals surface area (Å²) in [5.41, 5.74) is 2.73. The molecule has 1 atom stereocenters. The number of urea groups is 1. The summed E-state index contributed by atoms with van der Waals surface area (Å²) in [6.07, 6.45) is 4.98. The number of carbonyl (C=O) groups excluding carboxylic acids is 1. The number of hydrogen-bond acceptors (Lipinski definition) is 2. The van der Waals surface area contributed by atoms with Crippen LogP contribution >= 0.6 is 0 Å². The lowest BCUT2D eigenvalue weighted by atomic mass is 9.61. The van der Waals surface area contributed by atoms with Crippen LogP contribution in [0.3, 0.4) is 0 Å². The highest BCUT2D eigenvalue weighted by Gasteiger charge is 2.48. The second-order valence-corrected chi connectivity index (χ2v) is 6.76. The van der Waals surface area contributed by atoms with Crippen molar-refractivity contribution in [3.8, 4) is 0 Å². The molecule has 1 saturated heterocycles. The van der Waals surface area contributed by atoms with Gasteiger partial charge in [0, 0.05) is 32.2 Å². The predicted molar refractivity (Wildman–Crippen MR) is 86.7 cm³/mol. The number of aryl methyl sites for hydroxylation is 1. The topological polar surface area (TPSA) is 41.6 Å². The Kier molecular flexibility index (Phi) is 4.39. The van der Waals surface area contributed by atoms with E-state index in [0.29, 0.717) is 18.1 Å². The van der Waals surface area contributed by atoms with Gasteiger partial charge in [-0.05, 0) is 38.2 Å². The van der Waals surface area contributed by atoms with E-state index in [1.54, 1.807) is 0 Å². The molecular formula is C18H26N2O2. The van der Waals surface area contributed by atoms with E-state index in [9.17, 15) is 4.79 Å². The molecule has 4 nitrogen and oxygen atoms in total. The molecule has 1 saturated carbocycles. The molecule has 1 aliphatic carbocycles. The molecule has 2 amide bonds. The molecule has 0 radical (unpaired) electrons. The zero-order valence-corrected chi connectivity index (χ0v) is 13.6. The molecule has 1 heterocycles. The highest BCUT2D eigenvalue weighted by Crippen LogP contribution is 2.50. The van der Waals surface area contributed by atoms with Crippen LogP contribution in [0.1, 0.15) is 36.8 Å². The van der Waals surface area contributed by atoms with Crippen LogP contribution in [0, 0.1) is 12.3 Å². The van der Waals surface area contributed by atoms with Crippen LogP contribution in [0.4, 0.5) is 4.79 Å². The Bertz CT molecular complexity index is 516. The molecule has 1 spiro atoms. The predicted octanol–water partition coefficient (Wildman–Crippen LogP) is 3.10. The largest absolute Gasteiger partial charge is 0.381 e. The lowest BCUT2D eigenvalue weighted by Crippen LogP contribution is -2.55. The van der Waals surface area contributed by atoms with Gasteiger partial charge in [0.25, 0.3) is 0 Å². The van der Waals surface area contributed by atoms with Gasteiger partial charge in [0.15, 0.2) is 0 Å². The quantitative estimate of drug-likeness (QED) is 0.932. The molecule has 1 aromatic rings. The van der Waals surface area contributed by atoms with Gasteiger partial charge in [0.1, 0.15) is 0 Å². The zero-order valence-electron chi connectivity index (χ0n) is 13.6. The van der Waals surface area contributed by atoms with Crippen molar-refractivity contribution in [1.82, 2.24) is 10.2 Å². The monoisotopic (exact) mass is 302 g/mol. The third-order valence-electron chi connectivity index (χ3n) is 5.48. The first-order valence-corrected chi connectivity index (χ1v) is 8.24. The molecule has 0 bridgehead atoms. The average molecular weight is 302 g/mol. The van der Waals surface area contributed by atoms with Crippen molar-refractivity contribution in [3.05, 3.63) is 35.4 Å². The first-order valence-electron chi connectivity index (χ1n) is 8.24. The molecule has 2 fully saturated rings. The number of rotatable bonds is 3. The number of carbonyl (C=O) groups is 1. The van der Waals surface area contributed by atoms with Crippen molar-refractivity contribution >= 4 is 6.03 Å².